The molecule has 0 saturated heterocycles. The molecule has 6 N–H and O–H groups in total. The Balaban J connectivity index is 1.49. The van der Waals surface area contributed by atoms with E-state index in [4.69, 9.17) is 30.6 Å². The van der Waals surface area contributed by atoms with Gasteiger partial charge in [-0.15, -0.1) is 0 Å². The van der Waals surface area contributed by atoms with Gasteiger partial charge in [0.05, 0.1) is 0 Å². The number of aliphatic hydroxyl groups excluding tert-OH is 2. The minimum absolute atomic E-state index is 0.129. The van der Waals surface area contributed by atoms with Crippen LogP contribution in [0.2, 0.25) is 5.28 Å². The van der Waals surface area contributed by atoms with Gasteiger partial charge in [-0.2, -0.15) is 9.97 Å². The molecule has 0 fully saturated rings. The molecule has 2 unspecified atom stereocenters. The van der Waals surface area contributed by atoms with Crippen LogP contribution in [0.5, 0.6) is 0 Å². The van der Waals surface area contributed by atoms with Gasteiger partial charge in [-0.05, 0) is 42.1 Å². The van der Waals surface area contributed by atoms with Crippen molar-refractivity contribution in [1.82, 2.24) is 19.5 Å². The molecule has 2 aromatic heterocycles. The van der Waals surface area contributed by atoms with E-state index in [2.05, 4.69) is 27.2 Å². The average Bonchev–Trinajstić information content (AvgIpc) is 3.41. The van der Waals surface area contributed by atoms with E-state index in [0.717, 1.165) is 18.5 Å². The van der Waals surface area contributed by atoms with E-state index in [1.54, 1.807) is 0 Å². The van der Waals surface area contributed by atoms with Gasteiger partial charge in [-0.25, -0.2) is 4.98 Å². The number of aryl methyl sites for hydroxylation is 1. The van der Waals surface area contributed by atoms with E-state index in [9.17, 15) is 24.2 Å². The first-order chi connectivity index (χ1) is 18.9. The lowest BCUT2D eigenvalue weighted by Gasteiger charge is -2.18. The van der Waals surface area contributed by atoms with E-state index in [-0.39, 0.29) is 22.3 Å². The molecule has 1 aromatic carbocycles. The summed E-state index contributed by atoms with van der Waals surface area (Å²) in [6.07, 6.45) is 4.04. The Morgan fingerprint density at radius 1 is 1.12 bits per heavy atom. The van der Waals surface area contributed by atoms with Gasteiger partial charge >= 0.3 is 15.2 Å². The minimum atomic E-state index is -4.85. The topological polar surface area (TPSA) is 209 Å². The van der Waals surface area contributed by atoms with Gasteiger partial charge < -0.3 is 34.9 Å². The van der Waals surface area contributed by atoms with Gasteiger partial charge in [0.2, 0.25) is 11.5 Å². The molecule has 3 heterocycles. The SMILES string of the molecule is CCCCCCc1ccc(Nc2nc(Cl)nc3c2ncn3[C@@H]2OC(COP(=O)(O)CP(=O)(O)O)=C(O)C2O)cc1. The molecule has 14 nitrogen and oxygen atoms in total. The predicted molar refractivity (Wildman–Crippen MR) is 146 cm³/mol. The summed E-state index contributed by atoms with van der Waals surface area (Å²) in [6.45, 7) is 1.34. The number of imidazole rings is 1. The van der Waals surface area contributed by atoms with Crippen LogP contribution in [-0.4, -0.2) is 63.0 Å². The van der Waals surface area contributed by atoms with Crippen molar-refractivity contribution in [2.24, 2.45) is 0 Å². The van der Waals surface area contributed by atoms with Crippen LogP contribution >= 0.6 is 26.8 Å². The molecule has 40 heavy (non-hydrogen) atoms. The first kappa shape index (κ1) is 30.4. The van der Waals surface area contributed by atoms with Crippen LogP contribution < -0.4 is 5.32 Å². The minimum Gasteiger partial charge on any atom is -0.506 e. The zero-order chi connectivity index (χ0) is 29.1. The molecule has 17 heteroatoms. The molecule has 0 bridgehead atoms. The third-order valence-electron chi connectivity index (χ3n) is 6.06. The van der Waals surface area contributed by atoms with Gasteiger partial charge in [0.1, 0.15) is 12.9 Å². The molecule has 3 atom stereocenters. The van der Waals surface area contributed by atoms with Gasteiger partial charge in [0, 0.05) is 5.69 Å². The number of benzene rings is 1. The molecule has 218 valence electrons. The highest BCUT2D eigenvalue weighted by Gasteiger charge is 2.40. The fourth-order valence-corrected chi connectivity index (χ4v) is 6.80. The van der Waals surface area contributed by atoms with Gasteiger partial charge in [0.15, 0.2) is 40.5 Å². The Bertz CT molecular complexity index is 1480. The number of ether oxygens (including phenoxy) is 1. The molecule has 4 rings (SSSR count). The van der Waals surface area contributed by atoms with Crippen molar-refractivity contribution in [3.63, 3.8) is 0 Å². The maximum Gasteiger partial charge on any atom is 0.340 e. The van der Waals surface area contributed by atoms with Crippen molar-refractivity contribution in [2.45, 2.75) is 51.4 Å². The van der Waals surface area contributed by atoms with Crippen LogP contribution in [0.25, 0.3) is 11.2 Å². The second-order valence-electron chi connectivity index (χ2n) is 9.28. The van der Waals surface area contributed by atoms with Crippen molar-refractivity contribution in [1.29, 1.82) is 0 Å². The smallest absolute Gasteiger partial charge is 0.340 e. The highest BCUT2D eigenvalue weighted by Crippen LogP contribution is 2.55. The first-order valence-electron chi connectivity index (χ1n) is 12.4. The van der Waals surface area contributed by atoms with E-state index >= 15 is 0 Å². The maximum absolute atomic E-state index is 11.9. The van der Waals surface area contributed by atoms with E-state index in [1.807, 2.05) is 24.3 Å². The zero-order valence-corrected chi connectivity index (χ0v) is 24.0. The van der Waals surface area contributed by atoms with E-state index in [1.165, 1.54) is 35.7 Å². The number of unbranched alkanes of at least 4 members (excludes halogenated alkanes) is 3. The van der Waals surface area contributed by atoms with Crippen molar-refractivity contribution in [3.8, 4) is 0 Å². The molecule has 1 aliphatic rings. The van der Waals surface area contributed by atoms with Crippen LogP contribution in [0.1, 0.15) is 44.4 Å². The number of aliphatic hydroxyl groups is 2. The number of halogens is 1. The Hall–Kier alpha value is -2.54. The van der Waals surface area contributed by atoms with Crippen LogP contribution in [-0.2, 0) is 24.8 Å². The highest BCUT2D eigenvalue weighted by atomic mass is 35.5. The Kier molecular flexibility index (Phi) is 9.54. The lowest BCUT2D eigenvalue weighted by Crippen LogP contribution is -2.22. The Labute approximate surface area is 234 Å². The number of hydrogen-bond acceptors (Lipinski definition) is 10. The van der Waals surface area contributed by atoms with E-state index < -0.39 is 51.6 Å². The van der Waals surface area contributed by atoms with Crippen LogP contribution in [0.15, 0.2) is 42.1 Å². The molecule has 0 amide bonds. The fraction of sp³-hybridized carbons (Fsp3) is 0.435. The molecule has 0 aliphatic carbocycles. The first-order valence-corrected chi connectivity index (χ1v) is 16.3. The lowest BCUT2D eigenvalue weighted by molar-refractivity contribution is -0.0112. The monoisotopic (exact) mass is 617 g/mol. The van der Waals surface area contributed by atoms with Gasteiger partial charge in [-0.3, -0.25) is 18.2 Å². The fourth-order valence-electron chi connectivity index (χ4n) is 4.13. The summed E-state index contributed by atoms with van der Waals surface area (Å²) in [4.78, 5) is 40.3. The number of aromatic nitrogens is 4. The van der Waals surface area contributed by atoms with Crippen molar-refractivity contribution in [2.75, 3.05) is 17.8 Å². The molecule has 0 radical (unpaired) electrons. The number of rotatable bonds is 13. The normalized spacial score (nSPS) is 19.1. The summed E-state index contributed by atoms with van der Waals surface area (Å²) in [6, 6.07) is 7.88. The second kappa shape index (κ2) is 12.5. The molecule has 3 aromatic rings. The summed E-state index contributed by atoms with van der Waals surface area (Å²) in [5.74, 6) is -2.24. The summed E-state index contributed by atoms with van der Waals surface area (Å²) >= 11 is 6.17. The number of nitrogens with one attached hydrogen (secondary N) is 1. The largest absolute Gasteiger partial charge is 0.506 e. The van der Waals surface area contributed by atoms with Crippen molar-refractivity contribution in [3.05, 3.63) is 53.0 Å². The third kappa shape index (κ3) is 7.59. The summed E-state index contributed by atoms with van der Waals surface area (Å²) < 4.78 is 34.5. The molecule has 0 spiro atoms. The Morgan fingerprint density at radius 2 is 1.85 bits per heavy atom. The van der Waals surface area contributed by atoms with Crippen molar-refractivity contribution < 1.29 is 43.3 Å². The van der Waals surface area contributed by atoms with Crippen molar-refractivity contribution >= 4 is 49.5 Å². The van der Waals surface area contributed by atoms with Gasteiger partial charge in [-0.1, -0.05) is 38.3 Å². The maximum atomic E-state index is 11.9. The van der Waals surface area contributed by atoms with Crippen LogP contribution in [0.3, 0.4) is 0 Å². The highest BCUT2D eigenvalue weighted by molar-refractivity contribution is 7.70. The molecular weight excluding hydrogens is 588 g/mol. The molecule has 1 aliphatic heterocycles. The summed E-state index contributed by atoms with van der Waals surface area (Å²) in [7, 11) is -9.58. The molecular formula is C23H30ClN5O9P2. The Morgan fingerprint density at radius 3 is 2.52 bits per heavy atom. The average molecular weight is 618 g/mol. The third-order valence-corrected chi connectivity index (χ3v) is 9.67. The number of nitrogens with zero attached hydrogens (tertiary/aromatic N) is 4. The standard InChI is InChI=1S/C23H30ClN5O9P2/c1-2-3-4-5-6-14-7-9-15(10-8-14)26-20-17-21(28-23(24)27-20)29(12-25-17)22-19(31)18(30)16(38-22)11-37-40(35,36)13-39(32,33)34/h7-10,12,19,22,30-31H,2-6,11,13H2,1H3,(H,35,36)(H,26,27,28)(H2,32,33,34)/t19?,22-/m1/s1. The van der Waals surface area contributed by atoms with E-state index in [0.29, 0.717) is 0 Å². The molecule has 0 saturated carbocycles. The number of fused-ring (bicyclic) bond motifs is 1. The lowest BCUT2D eigenvalue weighted by atomic mass is 10.1. The summed E-state index contributed by atoms with van der Waals surface area (Å²) in [5.41, 5.74) is 2.40. The summed E-state index contributed by atoms with van der Waals surface area (Å²) in [5, 5.41) is 23.9. The van der Waals surface area contributed by atoms with Crippen LogP contribution in [0.4, 0.5) is 11.5 Å². The second-order valence-corrected chi connectivity index (χ2v) is 13.6. The van der Waals surface area contributed by atoms with Crippen LogP contribution in [0, 0.1) is 0 Å². The quantitative estimate of drug-likeness (QED) is 0.0896. The number of hydrogen-bond donors (Lipinski definition) is 6. The predicted octanol–water partition coefficient (Wildman–Crippen LogP) is 4.34. The number of anilines is 2. The zero-order valence-electron chi connectivity index (χ0n) is 21.4. The van der Waals surface area contributed by atoms with Gasteiger partial charge in [0.25, 0.3) is 0 Å².